The Morgan fingerprint density at radius 1 is 1.40 bits per heavy atom. The summed E-state index contributed by atoms with van der Waals surface area (Å²) in [6, 6.07) is 1.77. The summed E-state index contributed by atoms with van der Waals surface area (Å²) in [5.41, 5.74) is 10.4. The summed E-state index contributed by atoms with van der Waals surface area (Å²) in [6.45, 7) is 6.57. The number of anilines is 1. The van der Waals surface area contributed by atoms with E-state index in [9.17, 15) is 0 Å². The number of pyridine rings is 1. The molecule has 0 amide bonds. The molecule has 2 N–H and O–H groups in total. The van der Waals surface area contributed by atoms with Crippen LogP contribution in [0.4, 0.5) is 5.69 Å². The number of nitrogens with two attached hydrogens (primary N) is 1. The maximum absolute atomic E-state index is 5.77. The van der Waals surface area contributed by atoms with Crippen molar-refractivity contribution in [2.24, 2.45) is 0 Å². The topological polar surface area (TPSA) is 48.1 Å². The molecule has 1 aromatic rings. The first kappa shape index (κ1) is 11.6. The standard InChI is InChI=1S/C11H16N2OSi/c1-14-11-7-9(10(12)8-13-11)5-6-15(2,3)4/h7-8H,12H2,1-4H3. The van der Waals surface area contributed by atoms with Gasteiger partial charge in [-0.2, -0.15) is 0 Å². The fourth-order valence-corrected chi connectivity index (χ4v) is 1.43. The SMILES string of the molecule is COc1cc(C#C[Si](C)(C)C)c(N)cn1. The third-order valence-electron chi connectivity index (χ3n) is 1.69. The second-order valence-electron chi connectivity index (χ2n) is 4.31. The zero-order valence-corrected chi connectivity index (χ0v) is 10.6. The average molecular weight is 220 g/mol. The van der Waals surface area contributed by atoms with Crippen molar-refractivity contribution >= 4 is 13.8 Å². The second-order valence-corrected chi connectivity index (χ2v) is 9.06. The molecule has 0 saturated heterocycles. The Balaban J connectivity index is 3.07. The number of rotatable bonds is 1. The van der Waals surface area contributed by atoms with E-state index in [4.69, 9.17) is 10.5 Å². The molecule has 0 atom stereocenters. The van der Waals surface area contributed by atoms with E-state index in [0.717, 1.165) is 5.56 Å². The van der Waals surface area contributed by atoms with Gasteiger partial charge in [-0.3, -0.25) is 0 Å². The van der Waals surface area contributed by atoms with E-state index in [2.05, 4.69) is 36.1 Å². The summed E-state index contributed by atoms with van der Waals surface area (Å²) in [4.78, 5) is 4.00. The number of nitrogen functional groups attached to an aromatic ring is 1. The van der Waals surface area contributed by atoms with Crippen LogP contribution in [0.3, 0.4) is 0 Å². The van der Waals surface area contributed by atoms with E-state index >= 15 is 0 Å². The fraction of sp³-hybridized carbons (Fsp3) is 0.364. The normalized spacial score (nSPS) is 10.4. The van der Waals surface area contributed by atoms with Gasteiger partial charge in [-0.05, 0) is 0 Å². The molecule has 0 unspecified atom stereocenters. The Bertz CT molecular complexity index is 413. The van der Waals surface area contributed by atoms with Gasteiger partial charge in [-0.15, -0.1) is 5.54 Å². The first-order valence-electron chi connectivity index (χ1n) is 4.75. The number of aromatic nitrogens is 1. The van der Waals surface area contributed by atoms with Crippen LogP contribution in [0.25, 0.3) is 0 Å². The molecule has 0 radical (unpaired) electrons. The van der Waals surface area contributed by atoms with Gasteiger partial charge in [-0.25, -0.2) is 4.98 Å². The van der Waals surface area contributed by atoms with Crippen LogP contribution in [0, 0.1) is 11.5 Å². The van der Waals surface area contributed by atoms with Crippen LogP contribution in [0.1, 0.15) is 5.56 Å². The maximum Gasteiger partial charge on any atom is 0.214 e. The van der Waals surface area contributed by atoms with Gasteiger partial charge in [0.05, 0.1) is 24.6 Å². The quantitative estimate of drug-likeness (QED) is 0.581. The minimum atomic E-state index is -1.37. The van der Waals surface area contributed by atoms with E-state index in [0.29, 0.717) is 11.6 Å². The summed E-state index contributed by atoms with van der Waals surface area (Å²) in [5.74, 6) is 3.64. The molecular formula is C11H16N2OSi. The molecule has 1 rings (SSSR count). The van der Waals surface area contributed by atoms with Crippen LogP contribution < -0.4 is 10.5 Å². The van der Waals surface area contributed by atoms with Crippen LogP contribution >= 0.6 is 0 Å². The number of hydrogen-bond acceptors (Lipinski definition) is 3. The van der Waals surface area contributed by atoms with Crippen LogP contribution in [0.5, 0.6) is 5.88 Å². The molecule has 0 aliphatic heterocycles. The predicted octanol–water partition coefficient (Wildman–Crippen LogP) is 1.90. The predicted molar refractivity (Wildman–Crippen MR) is 65.4 cm³/mol. The zero-order valence-electron chi connectivity index (χ0n) is 9.59. The Labute approximate surface area is 91.7 Å². The molecule has 1 aromatic heterocycles. The molecule has 0 aliphatic carbocycles. The van der Waals surface area contributed by atoms with Crippen molar-refractivity contribution in [1.29, 1.82) is 0 Å². The van der Waals surface area contributed by atoms with Gasteiger partial charge in [0.25, 0.3) is 0 Å². The van der Waals surface area contributed by atoms with Crippen LogP contribution in [-0.2, 0) is 0 Å². The minimum Gasteiger partial charge on any atom is -0.481 e. The van der Waals surface area contributed by atoms with Crippen molar-refractivity contribution in [3.63, 3.8) is 0 Å². The van der Waals surface area contributed by atoms with Gasteiger partial charge in [0, 0.05) is 6.07 Å². The molecule has 0 aliphatic rings. The molecule has 80 valence electrons. The van der Waals surface area contributed by atoms with Gasteiger partial charge >= 0.3 is 0 Å². The monoisotopic (exact) mass is 220 g/mol. The molecule has 3 nitrogen and oxygen atoms in total. The third kappa shape index (κ3) is 3.64. The molecule has 4 heteroatoms. The van der Waals surface area contributed by atoms with E-state index in [1.54, 1.807) is 19.4 Å². The van der Waals surface area contributed by atoms with Crippen LogP contribution in [0.2, 0.25) is 19.6 Å². The highest BCUT2D eigenvalue weighted by atomic mass is 28.3. The second kappa shape index (κ2) is 4.37. The number of hydrogen-bond donors (Lipinski definition) is 1. The maximum atomic E-state index is 5.77. The zero-order chi connectivity index (χ0) is 11.5. The van der Waals surface area contributed by atoms with Crippen molar-refractivity contribution in [3.8, 4) is 17.3 Å². The smallest absolute Gasteiger partial charge is 0.214 e. The first-order chi connectivity index (χ1) is 6.92. The Morgan fingerprint density at radius 2 is 2.07 bits per heavy atom. The van der Waals surface area contributed by atoms with Crippen molar-refractivity contribution in [2.45, 2.75) is 19.6 Å². The Kier molecular flexibility index (Phi) is 3.38. The van der Waals surface area contributed by atoms with Crippen molar-refractivity contribution in [2.75, 3.05) is 12.8 Å². The van der Waals surface area contributed by atoms with E-state index < -0.39 is 8.07 Å². The lowest BCUT2D eigenvalue weighted by Gasteiger charge is -2.05. The highest BCUT2D eigenvalue weighted by molar-refractivity contribution is 6.83. The van der Waals surface area contributed by atoms with Crippen molar-refractivity contribution in [3.05, 3.63) is 17.8 Å². The number of methoxy groups -OCH3 is 1. The highest BCUT2D eigenvalue weighted by Gasteiger charge is 2.08. The summed E-state index contributed by atoms with van der Waals surface area (Å²) in [5, 5.41) is 0. The molecule has 0 spiro atoms. The summed E-state index contributed by atoms with van der Waals surface area (Å²) >= 11 is 0. The molecule has 0 aromatic carbocycles. The first-order valence-corrected chi connectivity index (χ1v) is 8.25. The minimum absolute atomic E-state index is 0.545. The summed E-state index contributed by atoms with van der Waals surface area (Å²) in [6.07, 6.45) is 1.58. The van der Waals surface area contributed by atoms with E-state index in [-0.39, 0.29) is 0 Å². The molecule has 0 bridgehead atoms. The average Bonchev–Trinajstić information content (AvgIpc) is 2.15. The van der Waals surface area contributed by atoms with Gasteiger partial charge < -0.3 is 10.5 Å². The number of ether oxygens (including phenoxy) is 1. The van der Waals surface area contributed by atoms with E-state index in [1.807, 2.05) is 0 Å². The lowest BCUT2D eigenvalue weighted by molar-refractivity contribution is 0.398. The molecule has 0 saturated carbocycles. The summed E-state index contributed by atoms with van der Waals surface area (Å²) < 4.78 is 5.02. The van der Waals surface area contributed by atoms with Crippen molar-refractivity contribution < 1.29 is 4.74 Å². The Morgan fingerprint density at radius 3 is 2.60 bits per heavy atom. The molecule has 15 heavy (non-hydrogen) atoms. The fourth-order valence-electron chi connectivity index (χ4n) is 0.921. The lowest BCUT2D eigenvalue weighted by Crippen LogP contribution is -2.16. The van der Waals surface area contributed by atoms with Crippen molar-refractivity contribution in [1.82, 2.24) is 4.98 Å². The van der Waals surface area contributed by atoms with Gasteiger partial charge in [0.15, 0.2) is 0 Å². The van der Waals surface area contributed by atoms with Gasteiger partial charge in [0.1, 0.15) is 8.07 Å². The van der Waals surface area contributed by atoms with Gasteiger partial charge in [0.2, 0.25) is 5.88 Å². The van der Waals surface area contributed by atoms with E-state index in [1.165, 1.54) is 0 Å². The third-order valence-corrected chi connectivity index (χ3v) is 2.57. The highest BCUT2D eigenvalue weighted by Crippen LogP contribution is 2.15. The lowest BCUT2D eigenvalue weighted by atomic mass is 10.2. The van der Waals surface area contributed by atoms with Crippen LogP contribution in [0.15, 0.2) is 12.3 Å². The molecule has 1 heterocycles. The number of nitrogens with zero attached hydrogens (tertiary/aromatic N) is 1. The summed E-state index contributed by atoms with van der Waals surface area (Å²) in [7, 11) is 0.209. The molecular weight excluding hydrogens is 204 g/mol. The largest absolute Gasteiger partial charge is 0.481 e. The van der Waals surface area contributed by atoms with Gasteiger partial charge in [-0.1, -0.05) is 25.6 Å². The Hall–Kier alpha value is -1.47. The molecule has 0 fully saturated rings. The van der Waals surface area contributed by atoms with Crippen LogP contribution in [-0.4, -0.2) is 20.2 Å².